The number of benzene rings is 1. The maximum atomic E-state index is 12.3. The van der Waals surface area contributed by atoms with Crippen molar-refractivity contribution in [3.63, 3.8) is 0 Å². The number of aromatic nitrogens is 3. The molecule has 0 unspecified atom stereocenters. The minimum absolute atomic E-state index is 0. The first-order chi connectivity index (χ1) is 12.4. The van der Waals surface area contributed by atoms with Gasteiger partial charge in [0, 0.05) is 30.5 Å². The van der Waals surface area contributed by atoms with E-state index in [9.17, 15) is 13.6 Å². The average molecular weight is 449 g/mol. The summed E-state index contributed by atoms with van der Waals surface area (Å²) in [5.41, 5.74) is 2.48. The molecule has 0 aliphatic carbocycles. The highest BCUT2D eigenvalue weighted by atomic mass is 35.5. The normalized spacial score (nSPS) is 10.9. The van der Waals surface area contributed by atoms with E-state index in [0.717, 1.165) is 20.7 Å². The first-order valence-corrected chi connectivity index (χ1v) is 10.2. The lowest BCUT2D eigenvalue weighted by Gasteiger charge is -2.05. The minimum Gasteiger partial charge on any atom is -1.00 e. The third-order valence-corrected chi connectivity index (χ3v) is 6.02. The molecule has 144 valence electrons. The van der Waals surface area contributed by atoms with Crippen molar-refractivity contribution in [2.75, 3.05) is 11.1 Å². The van der Waals surface area contributed by atoms with Gasteiger partial charge in [0.25, 0.3) is 5.76 Å². The molecule has 0 aliphatic heterocycles. The number of hydrogen-bond donors (Lipinski definition) is 1. The van der Waals surface area contributed by atoms with Crippen LogP contribution in [0.2, 0.25) is 0 Å². The van der Waals surface area contributed by atoms with Gasteiger partial charge < -0.3 is 17.7 Å². The van der Waals surface area contributed by atoms with E-state index in [1.54, 1.807) is 28.8 Å². The first kappa shape index (κ1) is 21.8. The number of carbonyl (C=O) groups is 1. The lowest BCUT2D eigenvalue weighted by atomic mass is 10.3. The van der Waals surface area contributed by atoms with E-state index in [4.69, 9.17) is 0 Å². The van der Waals surface area contributed by atoms with Gasteiger partial charge in [-0.05, 0) is 40.6 Å². The van der Waals surface area contributed by atoms with Gasteiger partial charge in [0.05, 0.1) is 5.75 Å². The molecule has 2 aromatic heterocycles. The number of aryl methyl sites for hydroxylation is 2. The number of halogens is 3. The number of amides is 1. The number of fused-ring (bicyclic) bond motifs is 1. The van der Waals surface area contributed by atoms with Crippen LogP contribution >= 0.6 is 34.9 Å². The van der Waals surface area contributed by atoms with Crippen molar-refractivity contribution in [3.05, 3.63) is 41.7 Å². The Bertz CT molecular complexity index is 937. The van der Waals surface area contributed by atoms with Crippen LogP contribution in [0, 0.1) is 13.8 Å². The number of thioether (sulfide) groups is 2. The Labute approximate surface area is 173 Å². The van der Waals surface area contributed by atoms with E-state index in [1.807, 2.05) is 19.9 Å². The maximum Gasteiger partial charge on any atom is 0.410 e. The van der Waals surface area contributed by atoms with Crippen molar-refractivity contribution < 1.29 is 30.5 Å². The van der Waals surface area contributed by atoms with Gasteiger partial charge in [0.1, 0.15) is 5.69 Å². The highest BCUT2D eigenvalue weighted by Gasteiger charge is 2.17. The Morgan fingerprint density at radius 1 is 1.30 bits per heavy atom. The van der Waals surface area contributed by atoms with E-state index in [-0.39, 0.29) is 24.1 Å². The predicted molar refractivity (Wildman–Crippen MR) is 100 cm³/mol. The summed E-state index contributed by atoms with van der Waals surface area (Å²) in [5, 5.41) is 7.20. The second-order valence-corrected chi connectivity index (χ2v) is 8.58. The molecule has 3 rings (SSSR count). The zero-order chi connectivity index (χ0) is 18.7. The molecule has 27 heavy (non-hydrogen) atoms. The van der Waals surface area contributed by atoms with E-state index < -0.39 is 5.76 Å². The van der Waals surface area contributed by atoms with Gasteiger partial charge in [0.15, 0.2) is 5.69 Å². The van der Waals surface area contributed by atoms with Crippen molar-refractivity contribution in [2.45, 2.75) is 28.8 Å². The van der Waals surface area contributed by atoms with Crippen molar-refractivity contribution in [2.24, 2.45) is 0 Å². The fourth-order valence-electron chi connectivity index (χ4n) is 2.22. The summed E-state index contributed by atoms with van der Waals surface area (Å²) in [6, 6.07) is 8.28. The fraction of sp³-hybridized carbons (Fsp3) is 0.250. The Balaban J connectivity index is 0.00000261. The van der Waals surface area contributed by atoms with E-state index in [1.165, 1.54) is 23.1 Å². The van der Waals surface area contributed by atoms with Crippen molar-refractivity contribution in [3.8, 4) is 0 Å². The lowest BCUT2D eigenvalue weighted by molar-refractivity contribution is -0.588. The molecule has 1 N–H and O–H groups in total. The Hall–Kier alpha value is -1.49. The number of rotatable bonds is 6. The summed E-state index contributed by atoms with van der Waals surface area (Å²) in [6.07, 6.45) is 0. The number of nitrogens with one attached hydrogen (secondary N) is 1. The van der Waals surface area contributed by atoms with Gasteiger partial charge in [-0.15, -0.1) is 0 Å². The largest absolute Gasteiger partial charge is 1.00 e. The number of anilines is 1. The van der Waals surface area contributed by atoms with Crippen LogP contribution in [0.25, 0.3) is 4.96 Å². The molecule has 3 aromatic rings. The zero-order valence-corrected chi connectivity index (χ0v) is 17.5. The Morgan fingerprint density at radius 3 is 2.67 bits per heavy atom. The average Bonchev–Trinajstić information content (AvgIpc) is 2.97. The standard InChI is InChI=1S/C16H14F2N4OS3.ClH/c1-9-7-10(2)22-15(19-9)26-16(21-22)24-8-13(23)20-11-3-5-12(6-4-11)25-14(17)18;/h3-7,14H,8H2,1-2H3;1H. The highest BCUT2D eigenvalue weighted by Crippen LogP contribution is 2.26. The van der Waals surface area contributed by atoms with Crippen LogP contribution in [0.3, 0.4) is 0 Å². The Morgan fingerprint density at radius 2 is 2.00 bits per heavy atom. The predicted octanol–water partition coefficient (Wildman–Crippen LogP) is 0.943. The fourth-order valence-corrected chi connectivity index (χ4v) is 4.56. The monoisotopic (exact) mass is 448 g/mol. The summed E-state index contributed by atoms with van der Waals surface area (Å²) in [4.78, 5) is 17.8. The molecular formula is C16H15ClF2N4OS3. The molecule has 0 atom stereocenters. The quantitative estimate of drug-likeness (QED) is 0.449. The van der Waals surface area contributed by atoms with Gasteiger partial charge in [0.2, 0.25) is 10.2 Å². The minimum atomic E-state index is -2.46. The van der Waals surface area contributed by atoms with Gasteiger partial charge in [-0.25, -0.2) is 0 Å². The van der Waals surface area contributed by atoms with Crippen LogP contribution in [0.15, 0.2) is 39.6 Å². The van der Waals surface area contributed by atoms with Crippen LogP contribution < -0.4 is 22.2 Å². The molecule has 1 amide bonds. The van der Waals surface area contributed by atoms with Crippen molar-refractivity contribution >= 4 is 51.4 Å². The molecule has 0 spiro atoms. The van der Waals surface area contributed by atoms with Gasteiger partial charge >= 0.3 is 4.96 Å². The summed E-state index contributed by atoms with van der Waals surface area (Å²) >= 11 is 3.23. The third-order valence-electron chi connectivity index (χ3n) is 3.26. The molecule has 2 heterocycles. The van der Waals surface area contributed by atoms with Crippen LogP contribution in [-0.2, 0) is 4.79 Å². The molecule has 0 fully saturated rings. The van der Waals surface area contributed by atoms with Crippen LogP contribution in [-0.4, -0.2) is 27.5 Å². The molecule has 11 heteroatoms. The molecule has 5 nitrogen and oxygen atoms in total. The first-order valence-electron chi connectivity index (χ1n) is 7.55. The number of alkyl halides is 2. The molecule has 0 radical (unpaired) electrons. The van der Waals surface area contributed by atoms with Gasteiger partial charge in [-0.1, -0.05) is 33.1 Å². The number of hydrogen-bond acceptors (Lipinski definition) is 6. The second kappa shape index (κ2) is 9.63. The molecule has 0 aliphatic rings. The molecule has 0 saturated heterocycles. The van der Waals surface area contributed by atoms with Crippen molar-refractivity contribution in [1.82, 2.24) is 10.1 Å². The van der Waals surface area contributed by atoms with Crippen LogP contribution in [0.5, 0.6) is 0 Å². The lowest BCUT2D eigenvalue weighted by Crippen LogP contribution is -3.00. The van der Waals surface area contributed by atoms with Gasteiger partial charge in [-0.3, -0.25) is 4.79 Å². The number of carbonyl (C=O) groups excluding carboxylic acids is 1. The third kappa shape index (κ3) is 6.00. The summed E-state index contributed by atoms with van der Waals surface area (Å²) in [5.74, 6) is -2.44. The molecule has 0 bridgehead atoms. The van der Waals surface area contributed by atoms with E-state index >= 15 is 0 Å². The van der Waals surface area contributed by atoms with Crippen LogP contribution in [0.1, 0.15) is 11.4 Å². The Kier molecular flexibility index (Phi) is 7.78. The summed E-state index contributed by atoms with van der Waals surface area (Å²) in [6.45, 7) is 3.89. The highest BCUT2D eigenvalue weighted by molar-refractivity contribution is 8.01. The van der Waals surface area contributed by atoms with E-state index in [0.29, 0.717) is 22.3 Å². The number of nitrogens with zero attached hydrogens (tertiary/aromatic N) is 3. The van der Waals surface area contributed by atoms with Crippen LogP contribution in [0.4, 0.5) is 14.5 Å². The smallest absolute Gasteiger partial charge is 0.410 e. The maximum absolute atomic E-state index is 12.3. The molecule has 1 aromatic carbocycles. The molecule has 0 saturated carbocycles. The summed E-state index contributed by atoms with van der Waals surface area (Å²) < 4.78 is 27.1. The summed E-state index contributed by atoms with van der Waals surface area (Å²) in [7, 11) is 0. The SMILES string of the molecule is Cc1cc(C)[n+]2nc(SCC(=O)Nc3ccc(SC(F)F)cc3)sc2n1.[Cl-]. The second-order valence-electron chi connectivity index (χ2n) is 5.34. The molecular weight excluding hydrogens is 434 g/mol. The zero-order valence-electron chi connectivity index (χ0n) is 14.3. The van der Waals surface area contributed by atoms with Crippen molar-refractivity contribution in [1.29, 1.82) is 0 Å². The topological polar surface area (TPSA) is 59.0 Å². The van der Waals surface area contributed by atoms with E-state index in [2.05, 4.69) is 15.4 Å². The van der Waals surface area contributed by atoms with Gasteiger partial charge in [-0.2, -0.15) is 8.78 Å².